The summed E-state index contributed by atoms with van der Waals surface area (Å²) in [5, 5.41) is 0. The van der Waals surface area contributed by atoms with Crippen molar-refractivity contribution in [2.45, 2.75) is 50.7 Å². The van der Waals surface area contributed by atoms with Crippen LogP contribution in [0.25, 0.3) is 0 Å². The zero-order valence-corrected chi connectivity index (χ0v) is 12.7. The highest BCUT2D eigenvalue weighted by molar-refractivity contribution is 9.10. The molecule has 100 valence electrons. The third kappa shape index (κ3) is 2.03. The van der Waals surface area contributed by atoms with Gasteiger partial charge in [0.25, 0.3) is 0 Å². The molecule has 0 aromatic heterocycles. The fourth-order valence-corrected chi connectivity index (χ4v) is 3.58. The standard InChI is InChI=1S/C15H16BrNO2/c1-14(2)8-10-6-11(7-12(16)13(10)19-14)15(17-9-18)4-3-5-15/h6-7H,3-5,8H2,1-2H3. The molecule has 1 aliphatic carbocycles. The molecular formula is C15H16BrNO2. The lowest BCUT2D eigenvalue weighted by molar-refractivity contribution is 0.137. The summed E-state index contributed by atoms with van der Waals surface area (Å²) in [7, 11) is 0. The van der Waals surface area contributed by atoms with E-state index < -0.39 is 0 Å². The van der Waals surface area contributed by atoms with Gasteiger partial charge in [-0.25, -0.2) is 4.79 Å². The van der Waals surface area contributed by atoms with E-state index in [-0.39, 0.29) is 11.1 Å². The number of nitrogens with zero attached hydrogens (tertiary/aromatic N) is 1. The van der Waals surface area contributed by atoms with Crippen LogP contribution >= 0.6 is 15.9 Å². The zero-order chi connectivity index (χ0) is 13.7. The molecule has 3 nitrogen and oxygen atoms in total. The maximum atomic E-state index is 10.7. The van der Waals surface area contributed by atoms with Gasteiger partial charge in [0.15, 0.2) is 0 Å². The Bertz CT molecular complexity index is 584. The average Bonchev–Trinajstić information content (AvgIpc) is 2.58. The second-order valence-electron chi connectivity index (χ2n) is 6.07. The van der Waals surface area contributed by atoms with Crippen LogP contribution < -0.4 is 4.74 Å². The van der Waals surface area contributed by atoms with Gasteiger partial charge in [0.1, 0.15) is 11.4 Å². The van der Waals surface area contributed by atoms with Crippen molar-refractivity contribution in [3.8, 4) is 5.75 Å². The van der Waals surface area contributed by atoms with Crippen molar-refractivity contribution in [2.75, 3.05) is 0 Å². The molecule has 0 bridgehead atoms. The molecule has 1 aromatic rings. The predicted molar refractivity (Wildman–Crippen MR) is 76.2 cm³/mol. The van der Waals surface area contributed by atoms with E-state index in [0.717, 1.165) is 41.5 Å². The third-order valence-corrected chi connectivity index (χ3v) is 4.68. The molecule has 2 aliphatic rings. The van der Waals surface area contributed by atoms with Crippen molar-refractivity contribution in [3.63, 3.8) is 0 Å². The van der Waals surface area contributed by atoms with Crippen LogP contribution in [0.1, 0.15) is 44.2 Å². The van der Waals surface area contributed by atoms with Crippen molar-refractivity contribution in [1.82, 2.24) is 0 Å². The molecule has 3 rings (SSSR count). The maximum Gasteiger partial charge on any atom is 0.235 e. The molecular weight excluding hydrogens is 306 g/mol. The Kier molecular flexibility index (Phi) is 2.84. The maximum absolute atomic E-state index is 10.7. The van der Waals surface area contributed by atoms with Crippen molar-refractivity contribution in [2.24, 2.45) is 4.99 Å². The first-order valence-corrected chi connectivity index (χ1v) is 7.36. The summed E-state index contributed by atoms with van der Waals surface area (Å²) in [6.07, 6.45) is 5.59. The first-order valence-electron chi connectivity index (χ1n) is 6.57. The molecule has 0 atom stereocenters. The fourth-order valence-electron chi connectivity index (χ4n) is 3.00. The number of ether oxygens (including phenoxy) is 1. The van der Waals surface area contributed by atoms with Crippen LogP contribution in [0.3, 0.4) is 0 Å². The zero-order valence-electron chi connectivity index (χ0n) is 11.1. The number of fused-ring (bicyclic) bond motifs is 1. The highest BCUT2D eigenvalue weighted by Crippen LogP contribution is 2.49. The number of isocyanates is 1. The lowest BCUT2D eigenvalue weighted by atomic mass is 9.72. The van der Waals surface area contributed by atoms with Crippen LogP contribution in [-0.2, 0) is 16.8 Å². The van der Waals surface area contributed by atoms with Crippen molar-refractivity contribution < 1.29 is 9.53 Å². The van der Waals surface area contributed by atoms with Gasteiger partial charge in [-0.15, -0.1) is 0 Å². The Morgan fingerprint density at radius 1 is 1.37 bits per heavy atom. The van der Waals surface area contributed by atoms with E-state index in [9.17, 15) is 4.79 Å². The van der Waals surface area contributed by atoms with Gasteiger partial charge in [-0.1, -0.05) is 0 Å². The molecule has 19 heavy (non-hydrogen) atoms. The number of carbonyl (C=O) groups excluding carboxylic acids is 1. The molecule has 0 unspecified atom stereocenters. The lowest BCUT2D eigenvalue weighted by Gasteiger charge is -2.37. The van der Waals surface area contributed by atoms with Gasteiger partial charge in [-0.2, -0.15) is 4.99 Å². The number of halogens is 1. The summed E-state index contributed by atoms with van der Waals surface area (Å²) in [6, 6.07) is 4.19. The van der Waals surface area contributed by atoms with Crippen molar-refractivity contribution >= 4 is 22.0 Å². The molecule has 1 aliphatic heterocycles. The number of aliphatic imine (C=N–C) groups is 1. The van der Waals surface area contributed by atoms with E-state index in [1.165, 1.54) is 5.56 Å². The first kappa shape index (κ1) is 12.9. The normalized spacial score (nSPS) is 21.8. The van der Waals surface area contributed by atoms with Gasteiger partial charge in [0, 0.05) is 6.42 Å². The molecule has 4 heteroatoms. The quantitative estimate of drug-likeness (QED) is 0.612. The van der Waals surface area contributed by atoms with E-state index in [2.05, 4.69) is 40.8 Å². The van der Waals surface area contributed by atoms with Gasteiger partial charge >= 0.3 is 0 Å². The molecule has 1 heterocycles. The van der Waals surface area contributed by atoms with Crippen LogP contribution in [-0.4, -0.2) is 11.7 Å². The third-order valence-electron chi connectivity index (χ3n) is 4.09. The van der Waals surface area contributed by atoms with E-state index in [1.54, 1.807) is 6.08 Å². The summed E-state index contributed by atoms with van der Waals surface area (Å²) in [4.78, 5) is 14.7. The number of rotatable bonds is 2. The van der Waals surface area contributed by atoms with Gasteiger partial charge in [0.05, 0.1) is 10.0 Å². The van der Waals surface area contributed by atoms with E-state index in [1.807, 2.05) is 6.07 Å². The Morgan fingerprint density at radius 2 is 2.11 bits per heavy atom. The van der Waals surface area contributed by atoms with Gasteiger partial charge < -0.3 is 4.74 Å². The molecule has 0 radical (unpaired) electrons. The van der Waals surface area contributed by atoms with Gasteiger partial charge in [-0.3, -0.25) is 0 Å². The fraction of sp³-hybridized carbons (Fsp3) is 0.533. The second kappa shape index (κ2) is 4.19. The molecule has 0 N–H and O–H groups in total. The second-order valence-corrected chi connectivity index (χ2v) is 6.93. The summed E-state index contributed by atoms with van der Waals surface area (Å²) >= 11 is 3.58. The minimum absolute atomic E-state index is 0.163. The summed E-state index contributed by atoms with van der Waals surface area (Å²) in [5.41, 5.74) is 1.80. The lowest BCUT2D eigenvalue weighted by Crippen LogP contribution is -2.32. The summed E-state index contributed by atoms with van der Waals surface area (Å²) in [5.74, 6) is 0.929. The van der Waals surface area contributed by atoms with Gasteiger partial charge in [-0.05, 0) is 72.3 Å². The van der Waals surface area contributed by atoms with Gasteiger partial charge in [0.2, 0.25) is 6.08 Å². The van der Waals surface area contributed by atoms with Crippen LogP contribution in [0, 0.1) is 0 Å². The highest BCUT2D eigenvalue weighted by atomic mass is 79.9. The van der Waals surface area contributed by atoms with Crippen molar-refractivity contribution in [3.05, 3.63) is 27.7 Å². The molecule has 1 aromatic carbocycles. The van der Waals surface area contributed by atoms with Crippen molar-refractivity contribution in [1.29, 1.82) is 0 Å². The number of benzene rings is 1. The smallest absolute Gasteiger partial charge is 0.235 e. The Morgan fingerprint density at radius 3 is 2.68 bits per heavy atom. The van der Waals surface area contributed by atoms with E-state index in [0.29, 0.717) is 0 Å². The SMILES string of the molecule is CC1(C)Cc2cc(C3(N=C=O)CCC3)cc(Br)c2O1. The van der Waals surface area contributed by atoms with E-state index in [4.69, 9.17) is 4.74 Å². The van der Waals surface area contributed by atoms with Crippen LogP contribution in [0.4, 0.5) is 0 Å². The molecule has 0 spiro atoms. The monoisotopic (exact) mass is 321 g/mol. The molecule has 0 saturated heterocycles. The average molecular weight is 322 g/mol. The number of hydrogen-bond donors (Lipinski definition) is 0. The predicted octanol–water partition coefficient (Wildman–Crippen LogP) is 3.88. The minimum atomic E-state index is -0.341. The Balaban J connectivity index is 2.07. The minimum Gasteiger partial charge on any atom is -0.486 e. The van der Waals surface area contributed by atoms with Crippen LogP contribution in [0.15, 0.2) is 21.6 Å². The highest BCUT2D eigenvalue weighted by Gasteiger charge is 2.41. The first-order chi connectivity index (χ1) is 8.96. The van der Waals surface area contributed by atoms with Crippen LogP contribution in [0.5, 0.6) is 5.75 Å². The topological polar surface area (TPSA) is 38.7 Å². The summed E-state index contributed by atoms with van der Waals surface area (Å²) in [6.45, 7) is 4.17. The number of hydrogen-bond acceptors (Lipinski definition) is 3. The molecule has 1 fully saturated rings. The largest absolute Gasteiger partial charge is 0.486 e. The Hall–Kier alpha value is -1.12. The van der Waals surface area contributed by atoms with Crippen LogP contribution in [0.2, 0.25) is 0 Å². The summed E-state index contributed by atoms with van der Waals surface area (Å²) < 4.78 is 6.91. The van der Waals surface area contributed by atoms with E-state index >= 15 is 0 Å². The Labute approximate surface area is 121 Å². The molecule has 0 amide bonds. The molecule has 1 saturated carbocycles.